The van der Waals surface area contributed by atoms with Crippen molar-refractivity contribution in [1.82, 2.24) is 5.32 Å². The molecule has 5 heteroatoms. The summed E-state index contributed by atoms with van der Waals surface area (Å²) in [6.45, 7) is 1.54. The van der Waals surface area contributed by atoms with Gasteiger partial charge < -0.3 is 15.2 Å². The zero-order valence-electron chi connectivity index (χ0n) is 9.87. The molecule has 4 nitrogen and oxygen atoms in total. The summed E-state index contributed by atoms with van der Waals surface area (Å²) < 4.78 is 18.2. The Morgan fingerprint density at radius 1 is 1.53 bits per heavy atom. The Labute approximate surface area is 99.4 Å². The van der Waals surface area contributed by atoms with Crippen LogP contribution in [0.3, 0.4) is 0 Å². The topological polar surface area (TPSA) is 58.6 Å². The summed E-state index contributed by atoms with van der Waals surface area (Å²) in [6, 6.07) is 3.93. The second-order valence-electron chi connectivity index (χ2n) is 3.69. The summed E-state index contributed by atoms with van der Waals surface area (Å²) in [5, 5.41) is 11.3. The van der Waals surface area contributed by atoms with Crippen molar-refractivity contribution in [2.75, 3.05) is 13.7 Å². The highest BCUT2D eigenvalue weighted by Crippen LogP contribution is 2.21. The summed E-state index contributed by atoms with van der Waals surface area (Å²) in [4.78, 5) is 11.3. The van der Waals surface area contributed by atoms with E-state index in [4.69, 9.17) is 9.84 Å². The number of nitrogens with one attached hydrogen (secondary N) is 1. The van der Waals surface area contributed by atoms with Crippen molar-refractivity contribution in [1.29, 1.82) is 0 Å². The number of halogens is 1. The van der Waals surface area contributed by atoms with Crippen LogP contribution in [-0.4, -0.2) is 24.7 Å². The number of aliphatic hydroxyl groups excluding tert-OH is 1. The molecule has 0 aliphatic carbocycles. The fraction of sp³-hybridized carbons (Fsp3) is 0.417. The van der Waals surface area contributed by atoms with E-state index in [1.54, 1.807) is 13.0 Å². The van der Waals surface area contributed by atoms with Crippen molar-refractivity contribution < 1.29 is 19.0 Å². The largest absolute Gasteiger partial charge is 0.497 e. The average Bonchev–Trinajstić information content (AvgIpc) is 2.28. The van der Waals surface area contributed by atoms with E-state index in [-0.39, 0.29) is 25.0 Å². The molecule has 0 aliphatic rings. The van der Waals surface area contributed by atoms with Gasteiger partial charge in [0.2, 0.25) is 5.91 Å². The van der Waals surface area contributed by atoms with Crippen LogP contribution in [0.4, 0.5) is 4.39 Å². The minimum Gasteiger partial charge on any atom is -0.497 e. The van der Waals surface area contributed by atoms with Crippen molar-refractivity contribution in [2.45, 2.75) is 19.4 Å². The van der Waals surface area contributed by atoms with E-state index in [0.717, 1.165) is 0 Å². The van der Waals surface area contributed by atoms with Crippen LogP contribution >= 0.6 is 0 Å². The van der Waals surface area contributed by atoms with Gasteiger partial charge in [0, 0.05) is 12.5 Å². The first-order chi connectivity index (χ1) is 8.06. The van der Waals surface area contributed by atoms with Gasteiger partial charge in [-0.05, 0) is 24.6 Å². The third-order valence-electron chi connectivity index (χ3n) is 2.35. The van der Waals surface area contributed by atoms with Crippen molar-refractivity contribution in [3.8, 4) is 5.75 Å². The number of carbonyl (C=O) groups is 1. The van der Waals surface area contributed by atoms with Gasteiger partial charge in [-0.1, -0.05) is 0 Å². The van der Waals surface area contributed by atoms with Crippen LogP contribution in [0, 0.1) is 5.82 Å². The quantitative estimate of drug-likeness (QED) is 0.819. The lowest BCUT2D eigenvalue weighted by Crippen LogP contribution is -2.27. The second-order valence-corrected chi connectivity index (χ2v) is 3.69. The van der Waals surface area contributed by atoms with E-state index in [2.05, 4.69) is 5.32 Å². The molecule has 17 heavy (non-hydrogen) atoms. The number of ether oxygens (including phenoxy) is 1. The van der Waals surface area contributed by atoms with Crippen LogP contribution in [0.5, 0.6) is 5.75 Å². The number of amides is 1. The fourth-order valence-electron chi connectivity index (χ4n) is 1.45. The Hall–Kier alpha value is -1.62. The van der Waals surface area contributed by atoms with Gasteiger partial charge in [0.15, 0.2) is 0 Å². The summed E-state index contributed by atoms with van der Waals surface area (Å²) in [6.07, 6.45) is 0.0385. The first kappa shape index (κ1) is 13.4. The predicted molar refractivity (Wildman–Crippen MR) is 61.2 cm³/mol. The Morgan fingerprint density at radius 3 is 2.82 bits per heavy atom. The molecule has 1 rings (SSSR count). The molecule has 0 radical (unpaired) electrons. The van der Waals surface area contributed by atoms with Crippen LogP contribution < -0.4 is 10.1 Å². The van der Waals surface area contributed by atoms with Gasteiger partial charge in [0.05, 0.1) is 19.8 Å². The molecule has 1 amide bonds. The van der Waals surface area contributed by atoms with Crippen molar-refractivity contribution in [3.63, 3.8) is 0 Å². The van der Waals surface area contributed by atoms with Gasteiger partial charge in [-0.2, -0.15) is 0 Å². The zero-order valence-corrected chi connectivity index (χ0v) is 9.87. The monoisotopic (exact) mass is 241 g/mol. The number of carbonyl (C=O) groups excluding carboxylic acids is 1. The van der Waals surface area contributed by atoms with Gasteiger partial charge in [0.25, 0.3) is 0 Å². The zero-order chi connectivity index (χ0) is 12.8. The van der Waals surface area contributed by atoms with Gasteiger partial charge in [0.1, 0.15) is 11.6 Å². The third kappa shape index (κ3) is 4.03. The molecule has 0 aromatic heterocycles. The van der Waals surface area contributed by atoms with E-state index >= 15 is 0 Å². The molecule has 0 heterocycles. The fourth-order valence-corrected chi connectivity index (χ4v) is 1.45. The van der Waals surface area contributed by atoms with Crippen molar-refractivity contribution in [3.05, 3.63) is 29.6 Å². The molecular weight excluding hydrogens is 225 g/mol. The maximum atomic E-state index is 13.2. The average molecular weight is 241 g/mol. The highest BCUT2D eigenvalue weighted by atomic mass is 19.1. The molecule has 1 aromatic rings. The SMILES string of the molecule is COc1cc(F)cc([C@@H](C)NC(=O)CCO)c1. The maximum absolute atomic E-state index is 13.2. The summed E-state index contributed by atoms with van der Waals surface area (Å²) in [5.41, 5.74) is 0.619. The summed E-state index contributed by atoms with van der Waals surface area (Å²) in [7, 11) is 1.45. The molecular formula is C12H16FNO3. The standard InChI is InChI=1S/C12H16FNO3/c1-8(14-12(16)3-4-15)9-5-10(13)7-11(6-9)17-2/h5-8,15H,3-4H2,1-2H3,(H,14,16)/t8-/m1/s1. The van der Waals surface area contributed by atoms with E-state index < -0.39 is 5.82 Å². The molecule has 1 atom stereocenters. The second kappa shape index (κ2) is 6.20. The molecule has 0 bridgehead atoms. The number of hydrogen-bond donors (Lipinski definition) is 2. The Morgan fingerprint density at radius 2 is 2.24 bits per heavy atom. The van der Waals surface area contributed by atoms with Gasteiger partial charge in [-0.25, -0.2) is 4.39 Å². The highest BCUT2D eigenvalue weighted by molar-refractivity contribution is 5.76. The van der Waals surface area contributed by atoms with Gasteiger partial charge >= 0.3 is 0 Å². The molecule has 0 unspecified atom stereocenters. The lowest BCUT2D eigenvalue weighted by Gasteiger charge is -2.15. The van der Waals surface area contributed by atoms with Gasteiger partial charge in [-0.15, -0.1) is 0 Å². The predicted octanol–water partition coefficient (Wildman–Crippen LogP) is 1.39. The van der Waals surface area contributed by atoms with Crippen molar-refractivity contribution in [2.24, 2.45) is 0 Å². The van der Waals surface area contributed by atoms with Gasteiger partial charge in [-0.3, -0.25) is 4.79 Å². The summed E-state index contributed by atoms with van der Waals surface area (Å²) >= 11 is 0. The van der Waals surface area contributed by atoms with E-state index in [0.29, 0.717) is 11.3 Å². The molecule has 0 saturated heterocycles. The van der Waals surface area contributed by atoms with Crippen LogP contribution in [0.25, 0.3) is 0 Å². The molecule has 1 aromatic carbocycles. The molecule has 0 fully saturated rings. The first-order valence-electron chi connectivity index (χ1n) is 5.31. The third-order valence-corrected chi connectivity index (χ3v) is 2.35. The minimum absolute atomic E-state index is 0.0385. The van der Waals surface area contributed by atoms with E-state index in [1.807, 2.05) is 0 Å². The normalized spacial score (nSPS) is 12.0. The maximum Gasteiger partial charge on any atom is 0.222 e. The lowest BCUT2D eigenvalue weighted by atomic mass is 10.1. The van der Waals surface area contributed by atoms with Crippen LogP contribution in [-0.2, 0) is 4.79 Å². The first-order valence-corrected chi connectivity index (χ1v) is 5.31. The lowest BCUT2D eigenvalue weighted by molar-refractivity contribution is -0.122. The van der Waals surface area contributed by atoms with Crippen molar-refractivity contribution >= 4 is 5.91 Å². The van der Waals surface area contributed by atoms with Crippen LogP contribution in [0.15, 0.2) is 18.2 Å². The Bertz CT molecular complexity index is 395. The Balaban J connectivity index is 2.77. The van der Waals surface area contributed by atoms with E-state index in [9.17, 15) is 9.18 Å². The number of hydrogen-bond acceptors (Lipinski definition) is 3. The van der Waals surface area contributed by atoms with E-state index in [1.165, 1.54) is 19.2 Å². The van der Waals surface area contributed by atoms with Crippen LogP contribution in [0.1, 0.15) is 24.9 Å². The number of benzene rings is 1. The molecule has 94 valence electrons. The molecule has 2 N–H and O–H groups in total. The smallest absolute Gasteiger partial charge is 0.222 e. The number of methoxy groups -OCH3 is 1. The summed E-state index contributed by atoms with van der Waals surface area (Å²) in [5.74, 6) is -0.283. The molecule has 0 aliphatic heterocycles. The Kier molecular flexibility index (Phi) is 4.90. The highest BCUT2D eigenvalue weighted by Gasteiger charge is 2.11. The number of rotatable bonds is 5. The molecule has 0 spiro atoms. The minimum atomic E-state index is -0.414. The van der Waals surface area contributed by atoms with Crippen LogP contribution in [0.2, 0.25) is 0 Å². The molecule has 0 saturated carbocycles. The number of aliphatic hydroxyl groups is 1.